The van der Waals surface area contributed by atoms with E-state index in [9.17, 15) is 4.79 Å². The van der Waals surface area contributed by atoms with Gasteiger partial charge in [-0.15, -0.1) is 5.10 Å². The van der Waals surface area contributed by atoms with E-state index in [0.29, 0.717) is 0 Å². The van der Waals surface area contributed by atoms with Crippen molar-refractivity contribution in [3.05, 3.63) is 28.9 Å². The van der Waals surface area contributed by atoms with Gasteiger partial charge < -0.3 is 4.84 Å². The lowest BCUT2D eigenvalue weighted by molar-refractivity contribution is -0.142. The topological polar surface area (TPSA) is 44.1 Å². The van der Waals surface area contributed by atoms with Gasteiger partial charge in [0.05, 0.1) is 11.7 Å². The van der Waals surface area contributed by atoms with Crippen LogP contribution in [0, 0.1) is 0 Å². The summed E-state index contributed by atoms with van der Waals surface area (Å²) in [6.07, 6.45) is 1.65. The van der Waals surface area contributed by atoms with Crippen LogP contribution in [-0.4, -0.2) is 15.9 Å². The minimum Gasteiger partial charge on any atom is -0.320 e. The summed E-state index contributed by atoms with van der Waals surface area (Å²) >= 11 is 3.38. The first-order valence-corrected chi connectivity index (χ1v) is 4.79. The van der Waals surface area contributed by atoms with Gasteiger partial charge >= 0.3 is 5.97 Å². The van der Waals surface area contributed by atoms with Crippen molar-refractivity contribution in [2.75, 3.05) is 0 Å². The van der Waals surface area contributed by atoms with Crippen LogP contribution in [0.15, 0.2) is 28.9 Å². The SMILES string of the molecule is CC(=O)On1cc2c(Br)cccc2n1. The van der Waals surface area contributed by atoms with Gasteiger partial charge in [0.25, 0.3) is 0 Å². The second-order valence-electron chi connectivity index (χ2n) is 2.79. The predicted molar refractivity (Wildman–Crippen MR) is 54.7 cm³/mol. The second-order valence-corrected chi connectivity index (χ2v) is 3.64. The average molecular weight is 255 g/mol. The molecule has 0 aliphatic heterocycles. The molecular weight excluding hydrogens is 248 g/mol. The quantitative estimate of drug-likeness (QED) is 0.780. The van der Waals surface area contributed by atoms with Crippen molar-refractivity contribution in [3.8, 4) is 0 Å². The van der Waals surface area contributed by atoms with E-state index in [2.05, 4.69) is 21.0 Å². The first-order chi connectivity index (χ1) is 6.66. The number of fused-ring (bicyclic) bond motifs is 1. The van der Waals surface area contributed by atoms with Gasteiger partial charge in [-0.3, -0.25) is 0 Å². The van der Waals surface area contributed by atoms with Crippen LogP contribution >= 0.6 is 15.9 Å². The highest BCUT2D eigenvalue weighted by molar-refractivity contribution is 9.10. The maximum atomic E-state index is 10.7. The number of aromatic nitrogens is 2. The molecule has 0 saturated heterocycles. The number of carbonyl (C=O) groups is 1. The van der Waals surface area contributed by atoms with E-state index < -0.39 is 5.97 Å². The van der Waals surface area contributed by atoms with Crippen LogP contribution in [0.4, 0.5) is 0 Å². The molecule has 0 unspecified atom stereocenters. The predicted octanol–water partition coefficient (Wildman–Crippen LogP) is 1.77. The number of hydrogen-bond acceptors (Lipinski definition) is 3. The summed E-state index contributed by atoms with van der Waals surface area (Å²) in [5.41, 5.74) is 0.778. The maximum Gasteiger partial charge on any atom is 0.331 e. The minimum atomic E-state index is -0.395. The Bertz CT molecular complexity index is 493. The molecule has 0 saturated carbocycles. The lowest BCUT2D eigenvalue weighted by Gasteiger charge is -1.95. The lowest BCUT2D eigenvalue weighted by Crippen LogP contribution is -2.16. The van der Waals surface area contributed by atoms with Gasteiger partial charge in [0.1, 0.15) is 0 Å². The van der Waals surface area contributed by atoms with Crippen molar-refractivity contribution >= 4 is 32.8 Å². The summed E-state index contributed by atoms with van der Waals surface area (Å²) in [7, 11) is 0. The zero-order valence-electron chi connectivity index (χ0n) is 7.40. The van der Waals surface area contributed by atoms with Crippen molar-refractivity contribution in [3.63, 3.8) is 0 Å². The van der Waals surface area contributed by atoms with Crippen LogP contribution in [0.5, 0.6) is 0 Å². The maximum absolute atomic E-state index is 10.7. The van der Waals surface area contributed by atoms with Crippen LogP contribution in [-0.2, 0) is 4.79 Å². The molecule has 0 aliphatic carbocycles. The normalized spacial score (nSPS) is 10.4. The molecule has 1 aromatic heterocycles. The van der Waals surface area contributed by atoms with Crippen LogP contribution in [0.25, 0.3) is 10.9 Å². The molecule has 0 fully saturated rings. The molecule has 0 atom stereocenters. The van der Waals surface area contributed by atoms with Gasteiger partial charge in [0.2, 0.25) is 0 Å². The Kier molecular flexibility index (Phi) is 2.25. The van der Waals surface area contributed by atoms with Crippen LogP contribution in [0.2, 0.25) is 0 Å². The standard InChI is InChI=1S/C9H7BrN2O2/c1-6(13)14-12-5-7-8(10)3-2-4-9(7)11-12/h2-5H,1H3. The number of nitrogens with zero attached hydrogens (tertiary/aromatic N) is 2. The van der Waals surface area contributed by atoms with Gasteiger partial charge in [0.15, 0.2) is 0 Å². The molecule has 0 spiro atoms. The first-order valence-electron chi connectivity index (χ1n) is 3.99. The smallest absolute Gasteiger partial charge is 0.320 e. The van der Waals surface area contributed by atoms with E-state index in [0.717, 1.165) is 20.2 Å². The van der Waals surface area contributed by atoms with Crippen LogP contribution in [0.3, 0.4) is 0 Å². The van der Waals surface area contributed by atoms with Gasteiger partial charge in [0, 0.05) is 16.8 Å². The third-order valence-corrected chi connectivity index (χ3v) is 2.39. The van der Waals surface area contributed by atoms with Crippen molar-refractivity contribution < 1.29 is 9.63 Å². The molecule has 4 nitrogen and oxygen atoms in total. The number of rotatable bonds is 1. The molecule has 0 radical (unpaired) electrons. The molecule has 0 amide bonds. The number of halogens is 1. The zero-order valence-corrected chi connectivity index (χ0v) is 8.98. The highest BCUT2D eigenvalue weighted by atomic mass is 79.9. The fourth-order valence-electron chi connectivity index (χ4n) is 1.16. The molecule has 2 rings (SSSR count). The number of hydrogen-bond donors (Lipinski definition) is 0. The van der Waals surface area contributed by atoms with E-state index in [4.69, 9.17) is 4.84 Å². The molecule has 5 heteroatoms. The number of carbonyl (C=O) groups excluding carboxylic acids is 1. The zero-order chi connectivity index (χ0) is 10.1. The fraction of sp³-hybridized carbons (Fsp3) is 0.111. The summed E-state index contributed by atoms with van der Waals surface area (Å²) < 4.78 is 0.924. The summed E-state index contributed by atoms with van der Waals surface area (Å²) in [5.74, 6) is -0.395. The fourth-order valence-corrected chi connectivity index (χ4v) is 1.62. The van der Waals surface area contributed by atoms with E-state index in [-0.39, 0.29) is 0 Å². The second kappa shape index (κ2) is 3.42. The molecular formula is C9H7BrN2O2. The van der Waals surface area contributed by atoms with Crippen molar-refractivity contribution in [2.24, 2.45) is 0 Å². The molecule has 0 bridgehead atoms. The Morgan fingerprint density at radius 3 is 3.00 bits per heavy atom. The summed E-state index contributed by atoms with van der Waals surface area (Å²) in [4.78, 5) is 16.6. The summed E-state index contributed by atoms with van der Waals surface area (Å²) in [6, 6.07) is 5.62. The monoisotopic (exact) mass is 254 g/mol. The van der Waals surface area contributed by atoms with Crippen molar-refractivity contribution in [2.45, 2.75) is 6.92 Å². The van der Waals surface area contributed by atoms with Crippen molar-refractivity contribution in [1.29, 1.82) is 0 Å². The largest absolute Gasteiger partial charge is 0.331 e. The molecule has 0 aliphatic rings. The van der Waals surface area contributed by atoms with E-state index in [1.165, 1.54) is 6.92 Å². The molecule has 1 heterocycles. The highest BCUT2D eigenvalue weighted by Crippen LogP contribution is 2.21. The minimum absolute atomic E-state index is 0.395. The Balaban J connectivity index is 2.51. The first kappa shape index (κ1) is 9.21. The highest BCUT2D eigenvalue weighted by Gasteiger charge is 2.05. The average Bonchev–Trinajstić information content (AvgIpc) is 2.47. The Hall–Kier alpha value is -1.36. The Morgan fingerprint density at radius 2 is 2.36 bits per heavy atom. The number of benzene rings is 1. The van der Waals surface area contributed by atoms with Gasteiger partial charge in [-0.1, -0.05) is 26.8 Å². The third-order valence-electron chi connectivity index (χ3n) is 1.70. The summed E-state index contributed by atoms with van der Waals surface area (Å²) in [6.45, 7) is 1.33. The molecule has 1 aromatic carbocycles. The van der Waals surface area contributed by atoms with E-state index in [1.54, 1.807) is 6.20 Å². The van der Waals surface area contributed by atoms with E-state index in [1.807, 2.05) is 18.2 Å². The van der Waals surface area contributed by atoms with Crippen molar-refractivity contribution in [1.82, 2.24) is 9.94 Å². The third kappa shape index (κ3) is 1.63. The molecule has 14 heavy (non-hydrogen) atoms. The Labute approximate surface area is 88.5 Å². The van der Waals surface area contributed by atoms with Crippen LogP contribution < -0.4 is 4.84 Å². The van der Waals surface area contributed by atoms with Gasteiger partial charge in [-0.25, -0.2) is 4.79 Å². The molecule has 72 valence electrons. The van der Waals surface area contributed by atoms with Gasteiger partial charge in [-0.2, -0.15) is 0 Å². The molecule has 2 aromatic rings. The Morgan fingerprint density at radius 1 is 1.57 bits per heavy atom. The van der Waals surface area contributed by atoms with Crippen LogP contribution in [0.1, 0.15) is 6.92 Å². The lowest BCUT2D eigenvalue weighted by atomic mass is 10.3. The molecule has 0 N–H and O–H groups in total. The van der Waals surface area contributed by atoms with E-state index >= 15 is 0 Å². The van der Waals surface area contributed by atoms with Gasteiger partial charge in [-0.05, 0) is 12.1 Å². The summed E-state index contributed by atoms with van der Waals surface area (Å²) in [5, 5.41) is 4.97.